The maximum absolute atomic E-state index is 5.42. The van der Waals surface area contributed by atoms with Gasteiger partial charge < -0.3 is 29.9 Å². The molecule has 0 bridgehead atoms. The number of halogens is 1. The fourth-order valence-corrected chi connectivity index (χ4v) is 3.81. The molecule has 7 nitrogen and oxygen atoms in total. The topological polar surface area (TPSA) is 61.4 Å². The first kappa shape index (κ1) is 25.9. The van der Waals surface area contributed by atoms with Crippen molar-refractivity contribution in [2.45, 2.75) is 25.9 Å². The van der Waals surface area contributed by atoms with Crippen molar-refractivity contribution >= 4 is 41.3 Å². The van der Waals surface area contributed by atoms with Crippen LogP contribution in [0.15, 0.2) is 41.4 Å². The molecule has 2 N–H and O–H groups in total. The van der Waals surface area contributed by atoms with Gasteiger partial charge in [0.05, 0.1) is 14.2 Å². The summed E-state index contributed by atoms with van der Waals surface area (Å²) in [4.78, 5) is 8.89. The summed E-state index contributed by atoms with van der Waals surface area (Å²) in [5.74, 6) is 2.43. The minimum Gasteiger partial charge on any atom is -0.497 e. The fraction of sp³-hybridized carbons (Fsp3) is 0.458. The summed E-state index contributed by atoms with van der Waals surface area (Å²) in [6.45, 7) is 4.75. The third kappa shape index (κ3) is 6.57. The number of anilines is 2. The predicted octanol–water partition coefficient (Wildman–Crippen LogP) is 3.64. The van der Waals surface area contributed by atoms with Gasteiger partial charge in [-0.15, -0.1) is 24.0 Å². The van der Waals surface area contributed by atoms with Crippen LogP contribution in [-0.2, 0) is 6.54 Å². The number of rotatable bonds is 7. The van der Waals surface area contributed by atoms with Gasteiger partial charge in [0.25, 0.3) is 0 Å². The fourth-order valence-electron chi connectivity index (χ4n) is 3.81. The summed E-state index contributed by atoms with van der Waals surface area (Å²) in [7, 11) is 9.30. The molecule has 1 fully saturated rings. The number of nitrogens with one attached hydrogen (secondary N) is 2. The summed E-state index contributed by atoms with van der Waals surface area (Å²) in [5, 5.41) is 7.03. The zero-order valence-electron chi connectivity index (χ0n) is 19.9. The van der Waals surface area contributed by atoms with Gasteiger partial charge in [0.1, 0.15) is 11.5 Å². The Labute approximate surface area is 209 Å². The lowest BCUT2D eigenvalue weighted by Gasteiger charge is -2.22. The highest BCUT2D eigenvalue weighted by atomic mass is 127. The lowest BCUT2D eigenvalue weighted by molar-refractivity contribution is 0.394. The maximum Gasteiger partial charge on any atom is 0.191 e. The van der Waals surface area contributed by atoms with Crippen LogP contribution in [0.5, 0.6) is 11.5 Å². The van der Waals surface area contributed by atoms with Crippen LogP contribution in [0.2, 0.25) is 0 Å². The van der Waals surface area contributed by atoms with Crippen molar-refractivity contribution in [1.29, 1.82) is 0 Å². The van der Waals surface area contributed by atoms with Gasteiger partial charge in [-0.25, -0.2) is 0 Å². The molecule has 0 spiro atoms. The van der Waals surface area contributed by atoms with Gasteiger partial charge in [-0.2, -0.15) is 0 Å². The van der Waals surface area contributed by atoms with E-state index in [2.05, 4.69) is 76.8 Å². The Kier molecular flexibility index (Phi) is 9.74. The van der Waals surface area contributed by atoms with E-state index in [1.807, 2.05) is 13.1 Å². The molecule has 32 heavy (non-hydrogen) atoms. The Morgan fingerprint density at radius 2 is 1.81 bits per heavy atom. The van der Waals surface area contributed by atoms with E-state index in [0.29, 0.717) is 6.04 Å². The minimum atomic E-state index is 0. The minimum absolute atomic E-state index is 0. The number of ether oxygens (including phenoxy) is 2. The summed E-state index contributed by atoms with van der Waals surface area (Å²) in [6.07, 6.45) is 1.04. The Bertz CT molecular complexity index is 897. The number of aryl methyl sites for hydroxylation is 1. The molecule has 0 aliphatic carbocycles. The highest BCUT2D eigenvalue weighted by molar-refractivity contribution is 14.0. The van der Waals surface area contributed by atoms with Crippen LogP contribution in [-0.4, -0.2) is 60.5 Å². The van der Waals surface area contributed by atoms with Crippen molar-refractivity contribution in [2.24, 2.45) is 4.99 Å². The Balaban J connectivity index is 0.00000363. The number of nitrogens with zero attached hydrogens (tertiary/aromatic N) is 3. The molecule has 1 atom stereocenters. The largest absolute Gasteiger partial charge is 0.497 e. The molecule has 3 rings (SSSR count). The highest BCUT2D eigenvalue weighted by Crippen LogP contribution is 2.30. The normalized spacial score (nSPS) is 15.8. The number of hydrogen-bond donors (Lipinski definition) is 2. The molecule has 1 aliphatic heterocycles. The van der Waals surface area contributed by atoms with E-state index < -0.39 is 0 Å². The monoisotopic (exact) mass is 553 g/mol. The number of methoxy groups -OCH3 is 2. The summed E-state index contributed by atoms with van der Waals surface area (Å²) >= 11 is 0. The van der Waals surface area contributed by atoms with Crippen molar-refractivity contribution in [2.75, 3.05) is 58.3 Å². The first-order chi connectivity index (χ1) is 14.9. The van der Waals surface area contributed by atoms with Crippen molar-refractivity contribution in [1.82, 2.24) is 10.6 Å². The van der Waals surface area contributed by atoms with Crippen molar-refractivity contribution in [3.8, 4) is 11.5 Å². The molecule has 2 aromatic carbocycles. The lowest BCUT2D eigenvalue weighted by Crippen LogP contribution is -2.44. The Morgan fingerprint density at radius 3 is 2.38 bits per heavy atom. The van der Waals surface area contributed by atoms with Crippen LogP contribution < -0.4 is 29.9 Å². The van der Waals surface area contributed by atoms with E-state index in [-0.39, 0.29) is 24.0 Å². The molecule has 176 valence electrons. The lowest BCUT2D eigenvalue weighted by atomic mass is 10.1. The Morgan fingerprint density at radius 1 is 1.12 bits per heavy atom. The molecular formula is C24H36IN5O2. The summed E-state index contributed by atoms with van der Waals surface area (Å²) in [6, 6.07) is 12.9. The molecule has 1 saturated heterocycles. The second kappa shape index (κ2) is 12.0. The smallest absolute Gasteiger partial charge is 0.191 e. The number of guanidine groups is 1. The summed E-state index contributed by atoms with van der Waals surface area (Å²) < 4.78 is 10.8. The molecule has 1 heterocycles. The molecule has 0 amide bonds. The van der Waals surface area contributed by atoms with Crippen LogP contribution >= 0.6 is 24.0 Å². The molecular weight excluding hydrogens is 517 g/mol. The van der Waals surface area contributed by atoms with Crippen molar-refractivity contribution < 1.29 is 9.47 Å². The van der Waals surface area contributed by atoms with Gasteiger partial charge in [0.15, 0.2) is 5.96 Å². The molecule has 8 heteroatoms. The highest BCUT2D eigenvalue weighted by Gasteiger charge is 2.24. The molecule has 0 aromatic heterocycles. The quantitative estimate of drug-likeness (QED) is 0.310. The first-order valence-corrected chi connectivity index (χ1v) is 10.7. The molecule has 0 saturated carbocycles. The molecule has 1 unspecified atom stereocenters. The second-order valence-corrected chi connectivity index (χ2v) is 8.08. The zero-order valence-corrected chi connectivity index (χ0v) is 22.3. The number of hydrogen-bond acceptors (Lipinski definition) is 5. The average Bonchev–Trinajstić information content (AvgIpc) is 3.25. The standard InChI is InChI=1S/C24H35N5O2.HI/c1-17-11-20(28(3)4)8-7-18(17)15-26-24(25-2)27-19-9-10-29(16-19)21-12-22(30-5)14-23(13-21)31-6;/h7-8,11-14,19H,9-10,15-16H2,1-6H3,(H2,25,26,27);1H. The molecule has 0 radical (unpaired) electrons. The average molecular weight is 553 g/mol. The van der Waals surface area contributed by atoms with Crippen LogP contribution in [0.4, 0.5) is 11.4 Å². The number of benzene rings is 2. The van der Waals surface area contributed by atoms with Crippen LogP contribution in [0.25, 0.3) is 0 Å². The van der Waals surface area contributed by atoms with Gasteiger partial charge in [-0.3, -0.25) is 4.99 Å². The summed E-state index contributed by atoms with van der Waals surface area (Å²) in [5.41, 5.74) is 4.86. The molecule has 2 aromatic rings. The maximum atomic E-state index is 5.42. The molecule has 1 aliphatic rings. The van der Waals surface area contributed by atoms with Gasteiger partial charge in [-0.1, -0.05) is 6.07 Å². The predicted molar refractivity (Wildman–Crippen MR) is 144 cm³/mol. The second-order valence-electron chi connectivity index (χ2n) is 8.08. The van der Waals surface area contributed by atoms with Crippen LogP contribution in [0.3, 0.4) is 0 Å². The van der Waals surface area contributed by atoms with Crippen molar-refractivity contribution in [3.05, 3.63) is 47.5 Å². The van der Waals surface area contributed by atoms with E-state index in [1.165, 1.54) is 16.8 Å². The van der Waals surface area contributed by atoms with Crippen molar-refractivity contribution in [3.63, 3.8) is 0 Å². The van der Waals surface area contributed by atoms with E-state index in [4.69, 9.17) is 9.47 Å². The van der Waals surface area contributed by atoms with E-state index in [0.717, 1.165) is 49.2 Å². The van der Waals surface area contributed by atoms with E-state index >= 15 is 0 Å². The van der Waals surface area contributed by atoms with E-state index in [9.17, 15) is 0 Å². The first-order valence-electron chi connectivity index (χ1n) is 10.7. The zero-order chi connectivity index (χ0) is 22.4. The van der Waals surface area contributed by atoms with Gasteiger partial charge in [0, 0.05) is 76.4 Å². The van der Waals surface area contributed by atoms with Gasteiger partial charge in [-0.05, 0) is 36.6 Å². The van der Waals surface area contributed by atoms with E-state index in [1.54, 1.807) is 14.2 Å². The van der Waals surface area contributed by atoms with Gasteiger partial charge in [0.2, 0.25) is 0 Å². The van der Waals surface area contributed by atoms with Crippen LogP contribution in [0.1, 0.15) is 17.5 Å². The van der Waals surface area contributed by atoms with Gasteiger partial charge >= 0.3 is 0 Å². The third-order valence-electron chi connectivity index (χ3n) is 5.74. The SMILES string of the molecule is CN=C(NCc1ccc(N(C)C)cc1C)NC1CCN(c2cc(OC)cc(OC)c2)C1.I. The Hall–Kier alpha value is -2.36. The number of aliphatic imine (C=N–C) groups is 1. The third-order valence-corrected chi connectivity index (χ3v) is 5.74. The van der Waals surface area contributed by atoms with Crippen LogP contribution in [0, 0.1) is 6.92 Å².